The summed E-state index contributed by atoms with van der Waals surface area (Å²) in [6.07, 6.45) is 1.36. The van der Waals surface area contributed by atoms with Crippen molar-refractivity contribution in [2.75, 3.05) is 5.32 Å². The lowest BCUT2D eigenvalue weighted by Crippen LogP contribution is -2.14. The van der Waals surface area contributed by atoms with Crippen LogP contribution in [0.15, 0.2) is 34.9 Å². The summed E-state index contributed by atoms with van der Waals surface area (Å²) in [5, 5.41) is 3.07. The maximum Gasteiger partial charge on any atom is 0.274 e. The molecule has 0 saturated heterocycles. The highest BCUT2D eigenvalue weighted by Gasteiger charge is 2.13. The van der Waals surface area contributed by atoms with E-state index in [1.807, 2.05) is 0 Å². The molecular weight excluding hydrogens is 358 g/mol. The number of aromatic nitrogens is 1. The average Bonchev–Trinajstić information content (AvgIpc) is 2.34. The van der Waals surface area contributed by atoms with Crippen molar-refractivity contribution in [1.29, 1.82) is 0 Å². The second-order valence-corrected chi connectivity index (χ2v) is 5.26. The summed E-state index contributed by atoms with van der Waals surface area (Å²) in [5.74, 6) is -0.967. The number of hydrogen-bond acceptors (Lipinski definition) is 2. The zero-order valence-electron chi connectivity index (χ0n) is 9.25. The largest absolute Gasteiger partial charge is 0.318 e. The van der Waals surface area contributed by atoms with E-state index in [2.05, 4.69) is 26.2 Å². The van der Waals surface area contributed by atoms with Gasteiger partial charge in [-0.1, -0.05) is 23.2 Å². The number of nitrogens with one attached hydrogen (secondary N) is 1. The summed E-state index contributed by atoms with van der Waals surface area (Å²) < 4.78 is 13.4. The van der Waals surface area contributed by atoms with Gasteiger partial charge in [0.1, 0.15) is 11.5 Å². The molecular formula is C12H6BrCl2FN2O. The molecule has 98 valence electrons. The number of hydrogen-bond donors (Lipinski definition) is 1. The first-order valence-corrected chi connectivity index (χ1v) is 6.59. The van der Waals surface area contributed by atoms with Crippen molar-refractivity contribution in [1.82, 2.24) is 4.98 Å². The van der Waals surface area contributed by atoms with Gasteiger partial charge in [-0.25, -0.2) is 9.37 Å². The molecule has 1 aromatic heterocycles. The van der Waals surface area contributed by atoms with E-state index in [0.717, 1.165) is 6.07 Å². The van der Waals surface area contributed by atoms with Crippen LogP contribution >= 0.6 is 39.1 Å². The van der Waals surface area contributed by atoms with Gasteiger partial charge in [0.2, 0.25) is 0 Å². The van der Waals surface area contributed by atoms with Gasteiger partial charge in [-0.2, -0.15) is 0 Å². The van der Waals surface area contributed by atoms with Crippen LogP contribution in [0.4, 0.5) is 10.1 Å². The van der Waals surface area contributed by atoms with Gasteiger partial charge in [0, 0.05) is 10.7 Å². The lowest BCUT2D eigenvalue weighted by Gasteiger charge is -2.09. The number of carbonyl (C=O) groups excluding carboxylic acids is 1. The molecule has 3 nitrogen and oxygen atoms in total. The topological polar surface area (TPSA) is 42.0 Å². The highest BCUT2D eigenvalue weighted by molar-refractivity contribution is 9.10. The maximum atomic E-state index is 13.1. The van der Waals surface area contributed by atoms with Gasteiger partial charge in [-0.05, 0) is 40.2 Å². The van der Waals surface area contributed by atoms with E-state index in [-0.39, 0.29) is 16.4 Å². The summed E-state index contributed by atoms with van der Waals surface area (Å²) in [4.78, 5) is 15.8. The van der Waals surface area contributed by atoms with E-state index in [0.29, 0.717) is 9.50 Å². The zero-order chi connectivity index (χ0) is 14.0. The Morgan fingerprint density at radius 3 is 2.63 bits per heavy atom. The highest BCUT2D eigenvalue weighted by atomic mass is 79.9. The van der Waals surface area contributed by atoms with Crippen LogP contribution in [-0.2, 0) is 0 Å². The van der Waals surface area contributed by atoms with Gasteiger partial charge in [0.05, 0.1) is 15.7 Å². The standard InChI is InChI=1S/C12H6BrCl2FN2O/c13-8-3-7(16)4-9(15)11(8)18-12(19)10-2-1-6(14)5-17-10/h1-5H,(H,18,19). The summed E-state index contributed by atoms with van der Waals surface area (Å²) in [6.45, 7) is 0. The number of pyridine rings is 1. The van der Waals surface area contributed by atoms with Gasteiger partial charge < -0.3 is 5.32 Å². The minimum atomic E-state index is -0.500. The van der Waals surface area contributed by atoms with Crippen LogP contribution in [0.25, 0.3) is 0 Å². The molecule has 2 rings (SSSR count). The van der Waals surface area contributed by atoms with E-state index in [1.54, 1.807) is 6.07 Å². The van der Waals surface area contributed by atoms with E-state index < -0.39 is 11.7 Å². The predicted molar refractivity (Wildman–Crippen MR) is 76.3 cm³/mol. The van der Waals surface area contributed by atoms with E-state index in [1.165, 1.54) is 18.3 Å². The summed E-state index contributed by atoms with van der Waals surface area (Å²) >= 11 is 14.7. The minimum Gasteiger partial charge on any atom is -0.318 e. The van der Waals surface area contributed by atoms with Crippen molar-refractivity contribution in [3.05, 3.63) is 56.5 Å². The third-order valence-electron chi connectivity index (χ3n) is 2.21. The molecule has 1 aromatic carbocycles. The molecule has 0 unspecified atom stereocenters. The second-order valence-electron chi connectivity index (χ2n) is 3.56. The molecule has 1 heterocycles. The van der Waals surface area contributed by atoms with Gasteiger partial charge in [-0.3, -0.25) is 4.79 Å². The van der Waals surface area contributed by atoms with E-state index >= 15 is 0 Å². The fraction of sp³-hybridized carbons (Fsp3) is 0. The van der Waals surface area contributed by atoms with Crippen LogP contribution < -0.4 is 5.32 Å². The Morgan fingerprint density at radius 2 is 2.05 bits per heavy atom. The van der Waals surface area contributed by atoms with Crippen LogP contribution in [0.3, 0.4) is 0 Å². The lowest BCUT2D eigenvalue weighted by atomic mass is 10.3. The van der Waals surface area contributed by atoms with Gasteiger partial charge in [-0.15, -0.1) is 0 Å². The van der Waals surface area contributed by atoms with Crippen molar-refractivity contribution >= 4 is 50.7 Å². The molecule has 0 bridgehead atoms. The van der Waals surface area contributed by atoms with Crippen LogP contribution in [-0.4, -0.2) is 10.9 Å². The molecule has 0 atom stereocenters. The smallest absolute Gasteiger partial charge is 0.274 e. The van der Waals surface area contributed by atoms with Crippen molar-refractivity contribution < 1.29 is 9.18 Å². The number of halogens is 4. The molecule has 1 amide bonds. The van der Waals surface area contributed by atoms with Gasteiger partial charge in [0.25, 0.3) is 5.91 Å². The lowest BCUT2D eigenvalue weighted by molar-refractivity contribution is 0.102. The Morgan fingerprint density at radius 1 is 1.32 bits per heavy atom. The molecule has 0 fully saturated rings. The Bertz CT molecular complexity index is 611. The summed E-state index contributed by atoms with van der Waals surface area (Å²) in [7, 11) is 0. The van der Waals surface area contributed by atoms with Crippen molar-refractivity contribution in [2.45, 2.75) is 0 Å². The fourth-order valence-corrected chi connectivity index (χ4v) is 2.36. The molecule has 0 saturated carbocycles. The third kappa shape index (κ3) is 3.43. The molecule has 0 aliphatic carbocycles. The molecule has 2 aromatic rings. The SMILES string of the molecule is O=C(Nc1c(Cl)cc(F)cc1Br)c1ccc(Cl)cn1. The Labute approximate surface area is 126 Å². The average molecular weight is 364 g/mol. The Balaban J connectivity index is 2.26. The highest BCUT2D eigenvalue weighted by Crippen LogP contribution is 2.31. The Hall–Kier alpha value is -1.17. The zero-order valence-corrected chi connectivity index (χ0v) is 12.4. The number of carbonyl (C=O) groups is 1. The minimum absolute atomic E-state index is 0.0918. The van der Waals surface area contributed by atoms with Gasteiger partial charge in [0.15, 0.2) is 0 Å². The number of benzene rings is 1. The Kier molecular flexibility index (Phi) is 4.39. The first-order chi connectivity index (χ1) is 8.97. The molecule has 1 N–H and O–H groups in total. The van der Waals surface area contributed by atoms with Gasteiger partial charge >= 0.3 is 0 Å². The first-order valence-electron chi connectivity index (χ1n) is 5.05. The van der Waals surface area contributed by atoms with E-state index in [9.17, 15) is 9.18 Å². The molecule has 19 heavy (non-hydrogen) atoms. The number of anilines is 1. The van der Waals surface area contributed by atoms with Crippen LogP contribution in [0, 0.1) is 5.82 Å². The maximum absolute atomic E-state index is 13.1. The molecule has 7 heteroatoms. The van der Waals surface area contributed by atoms with Crippen LogP contribution in [0.5, 0.6) is 0 Å². The second kappa shape index (κ2) is 5.86. The molecule has 0 spiro atoms. The van der Waals surface area contributed by atoms with Crippen LogP contribution in [0.1, 0.15) is 10.5 Å². The van der Waals surface area contributed by atoms with E-state index in [4.69, 9.17) is 23.2 Å². The van der Waals surface area contributed by atoms with Crippen molar-refractivity contribution in [2.24, 2.45) is 0 Å². The first kappa shape index (κ1) is 14.2. The molecule has 0 radical (unpaired) electrons. The third-order valence-corrected chi connectivity index (χ3v) is 3.35. The monoisotopic (exact) mass is 362 g/mol. The quantitative estimate of drug-likeness (QED) is 0.850. The van der Waals surface area contributed by atoms with Crippen molar-refractivity contribution in [3.8, 4) is 0 Å². The summed E-state index contributed by atoms with van der Waals surface area (Å²) in [5.41, 5.74) is 0.460. The number of rotatable bonds is 2. The van der Waals surface area contributed by atoms with Crippen molar-refractivity contribution in [3.63, 3.8) is 0 Å². The fourth-order valence-electron chi connectivity index (χ4n) is 1.35. The van der Waals surface area contributed by atoms with Crippen LogP contribution in [0.2, 0.25) is 10.0 Å². The predicted octanol–water partition coefficient (Wildman–Crippen LogP) is 4.54. The molecule has 0 aliphatic heterocycles. The number of amides is 1. The summed E-state index contributed by atoms with van der Waals surface area (Å²) in [6, 6.07) is 5.34. The normalized spacial score (nSPS) is 10.3. The molecule has 0 aliphatic rings. The number of nitrogens with zero attached hydrogens (tertiary/aromatic N) is 1.